The highest BCUT2D eigenvalue weighted by Crippen LogP contribution is 2.27. The van der Waals surface area contributed by atoms with Crippen LogP contribution in [0.15, 0.2) is 42.5 Å². The third-order valence-corrected chi connectivity index (χ3v) is 4.46. The van der Waals surface area contributed by atoms with Crippen molar-refractivity contribution in [3.05, 3.63) is 53.7 Å². The average molecular weight is 353 g/mol. The number of benzene rings is 2. The minimum Gasteiger partial charge on any atom is -0.493 e. The van der Waals surface area contributed by atoms with Crippen molar-refractivity contribution < 1.29 is 14.3 Å². The number of carbonyl (C=O) groups excluding carboxylic acids is 1. The zero-order valence-electron chi connectivity index (χ0n) is 15.4. The smallest absolute Gasteiger partial charge is 0.244 e. The predicted molar refractivity (Wildman–Crippen MR) is 101 cm³/mol. The van der Waals surface area contributed by atoms with E-state index in [4.69, 9.17) is 9.47 Å². The fourth-order valence-electron chi connectivity index (χ4n) is 2.98. The first kappa shape index (κ1) is 17.8. The summed E-state index contributed by atoms with van der Waals surface area (Å²) >= 11 is 0. The maximum atomic E-state index is 12.6. The number of rotatable bonds is 6. The molecule has 0 aliphatic heterocycles. The van der Waals surface area contributed by atoms with Crippen LogP contribution in [0.4, 0.5) is 0 Å². The third-order valence-electron chi connectivity index (χ3n) is 4.46. The van der Waals surface area contributed by atoms with Crippen molar-refractivity contribution >= 4 is 16.8 Å². The van der Waals surface area contributed by atoms with Crippen molar-refractivity contribution in [2.45, 2.75) is 26.4 Å². The predicted octanol–water partition coefficient (Wildman–Crippen LogP) is 3.24. The monoisotopic (exact) mass is 353 g/mol. The van der Waals surface area contributed by atoms with Gasteiger partial charge in [0.2, 0.25) is 5.91 Å². The molecular formula is C20H23N3O3. The molecule has 3 rings (SSSR count). The molecule has 0 radical (unpaired) electrons. The Morgan fingerprint density at radius 3 is 2.62 bits per heavy atom. The van der Waals surface area contributed by atoms with Crippen LogP contribution in [0.3, 0.4) is 0 Å². The van der Waals surface area contributed by atoms with E-state index in [1.54, 1.807) is 18.9 Å². The zero-order valence-corrected chi connectivity index (χ0v) is 15.4. The molecule has 6 nitrogen and oxygen atoms in total. The van der Waals surface area contributed by atoms with Gasteiger partial charge < -0.3 is 14.8 Å². The molecule has 1 unspecified atom stereocenters. The summed E-state index contributed by atoms with van der Waals surface area (Å²) in [6.07, 6.45) is 0. The lowest BCUT2D eigenvalue weighted by Gasteiger charge is -2.15. The molecule has 0 spiro atoms. The average Bonchev–Trinajstić information content (AvgIpc) is 3.02. The van der Waals surface area contributed by atoms with E-state index in [-0.39, 0.29) is 5.91 Å². The van der Waals surface area contributed by atoms with Gasteiger partial charge >= 0.3 is 0 Å². The van der Waals surface area contributed by atoms with Crippen LogP contribution in [-0.2, 0) is 11.3 Å². The van der Waals surface area contributed by atoms with E-state index in [0.717, 1.165) is 22.2 Å². The van der Waals surface area contributed by atoms with E-state index in [1.165, 1.54) is 0 Å². The van der Waals surface area contributed by atoms with Gasteiger partial charge in [-0.1, -0.05) is 24.3 Å². The van der Waals surface area contributed by atoms with Gasteiger partial charge in [-0.2, -0.15) is 5.10 Å². The van der Waals surface area contributed by atoms with E-state index in [1.807, 2.05) is 56.3 Å². The van der Waals surface area contributed by atoms with Crippen LogP contribution in [0.2, 0.25) is 0 Å². The van der Waals surface area contributed by atoms with Gasteiger partial charge in [0.25, 0.3) is 0 Å². The number of methoxy groups -OCH3 is 2. The first-order valence-corrected chi connectivity index (χ1v) is 8.47. The van der Waals surface area contributed by atoms with Crippen LogP contribution in [0, 0.1) is 6.92 Å². The van der Waals surface area contributed by atoms with Crippen molar-refractivity contribution in [2.75, 3.05) is 14.2 Å². The lowest BCUT2D eigenvalue weighted by Crippen LogP contribution is -2.31. The van der Waals surface area contributed by atoms with Gasteiger partial charge in [0.05, 0.1) is 25.4 Å². The van der Waals surface area contributed by atoms with Crippen molar-refractivity contribution in [2.24, 2.45) is 0 Å². The number of para-hydroxylation sites is 1. The number of nitrogens with zero attached hydrogens (tertiary/aromatic N) is 2. The van der Waals surface area contributed by atoms with Gasteiger partial charge in [0.15, 0.2) is 11.5 Å². The Kier molecular flexibility index (Phi) is 5.11. The summed E-state index contributed by atoms with van der Waals surface area (Å²) in [6, 6.07) is 13.1. The van der Waals surface area contributed by atoms with Crippen LogP contribution in [-0.4, -0.2) is 29.9 Å². The molecule has 6 heteroatoms. The number of aryl methyl sites for hydroxylation is 1. The van der Waals surface area contributed by atoms with Crippen LogP contribution in [0.1, 0.15) is 24.2 Å². The Labute approximate surface area is 152 Å². The molecule has 0 bridgehead atoms. The molecule has 1 aromatic heterocycles. The van der Waals surface area contributed by atoms with Crippen molar-refractivity contribution in [1.29, 1.82) is 0 Å². The van der Waals surface area contributed by atoms with Gasteiger partial charge in [-0.25, -0.2) is 0 Å². The molecule has 1 N–H and O–H groups in total. The number of hydrogen-bond acceptors (Lipinski definition) is 4. The SMILES string of the molecule is COc1ccc(CNC(=O)C(C)n2nc(C)c3ccccc32)cc1OC. The van der Waals surface area contributed by atoms with Crippen LogP contribution in [0.5, 0.6) is 11.5 Å². The number of amides is 1. The van der Waals surface area contributed by atoms with Crippen LogP contribution < -0.4 is 14.8 Å². The molecule has 3 aromatic rings. The molecule has 0 saturated heterocycles. The molecule has 26 heavy (non-hydrogen) atoms. The van der Waals surface area contributed by atoms with Gasteiger partial charge in [-0.15, -0.1) is 0 Å². The highest BCUT2D eigenvalue weighted by molar-refractivity contribution is 5.86. The number of carbonyl (C=O) groups is 1. The van der Waals surface area contributed by atoms with E-state index >= 15 is 0 Å². The van der Waals surface area contributed by atoms with E-state index in [0.29, 0.717) is 18.0 Å². The van der Waals surface area contributed by atoms with E-state index in [9.17, 15) is 4.79 Å². The molecule has 1 amide bonds. The lowest BCUT2D eigenvalue weighted by atomic mass is 10.2. The third kappa shape index (κ3) is 3.35. The Balaban J connectivity index is 1.73. The molecular weight excluding hydrogens is 330 g/mol. The molecule has 0 aliphatic rings. The summed E-state index contributed by atoms with van der Waals surface area (Å²) in [7, 11) is 3.19. The molecule has 136 valence electrons. The van der Waals surface area contributed by atoms with Crippen molar-refractivity contribution in [1.82, 2.24) is 15.1 Å². The fraction of sp³-hybridized carbons (Fsp3) is 0.300. The second-order valence-electron chi connectivity index (χ2n) is 6.13. The zero-order chi connectivity index (χ0) is 18.7. The summed E-state index contributed by atoms with van der Waals surface area (Å²) in [5, 5.41) is 8.56. The number of nitrogens with one attached hydrogen (secondary N) is 1. The largest absolute Gasteiger partial charge is 0.493 e. The van der Waals surface area contributed by atoms with Crippen molar-refractivity contribution in [3.8, 4) is 11.5 Å². The fourth-order valence-corrected chi connectivity index (χ4v) is 2.98. The molecule has 2 aromatic carbocycles. The van der Waals surface area contributed by atoms with Crippen molar-refractivity contribution in [3.63, 3.8) is 0 Å². The maximum absolute atomic E-state index is 12.6. The Bertz CT molecular complexity index is 933. The maximum Gasteiger partial charge on any atom is 0.244 e. The highest BCUT2D eigenvalue weighted by Gasteiger charge is 2.19. The first-order chi connectivity index (χ1) is 12.5. The first-order valence-electron chi connectivity index (χ1n) is 8.47. The van der Waals surface area contributed by atoms with Gasteiger partial charge in [-0.05, 0) is 37.6 Å². The minimum absolute atomic E-state index is 0.0898. The quantitative estimate of drug-likeness (QED) is 0.739. The second kappa shape index (κ2) is 7.47. The summed E-state index contributed by atoms with van der Waals surface area (Å²) < 4.78 is 12.3. The minimum atomic E-state index is -0.409. The number of fused-ring (bicyclic) bond motifs is 1. The normalized spacial score (nSPS) is 12.0. The van der Waals surface area contributed by atoms with Crippen LogP contribution >= 0.6 is 0 Å². The molecule has 1 atom stereocenters. The van der Waals surface area contributed by atoms with E-state index in [2.05, 4.69) is 10.4 Å². The Morgan fingerprint density at radius 1 is 1.15 bits per heavy atom. The lowest BCUT2D eigenvalue weighted by molar-refractivity contribution is -0.124. The summed E-state index contributed by atoms with van der Waals surface area (Å²) in [5.41, 5.74) is 2.81. The number of hydrogen-bond donors (Lipinski definition) is 1. The van der Waals surface area contributed by atoms with Gasteiger partial charge in [0.1, 0.15) is 6.04 Å². The van der Waals surface area contributed by atoms with Gasteiger partial charge in [0, 0.05) is 11.9 Å². The highest BCUT2D eigenvalue weighted by atomic mass is 16.5. The summed E-state index contributed by atoms with van der Waals surface area (Å²) in [6.45, 7) is 4.21. The molecule has 0 fully saturated rings. The summed E-state index contributed by atoms with van der Waals surface area (Å²) in [5.74, 6) is 1.21. The Hall–Kier alpha value is -3.02. The van der Waals surface area contributed by atoms with Crippen LogP contribution in [0.25, 0.3) is 10.9 Å². The topological polar surface area (TPSA) is 65.4 Å². The molecule has 0 aliphatic carbocycles. The Morgan fingerprint density at radius 2 is 1.88 bits per heavy atom. The van der Waals surface area contributed by atoms with Gasteiger partial charge in [-0.3, -0.25) is 9.48 Å². The standard InChI is InChI=1S/C20H23N3O3/c1-13-16-7-5-6-8-17(16)23(22-13)14(2)20(24)21-12-15-9-10-18(25-3)19(11-15)26-4/h5-11,14H,12H2,1-4H3,(H,21,24). The van der Waals surface area contributed by atoms with E-state index < -0.39 is 6.04 Å². The number of ether oxygens (including phenoxy) is 2. The summed E-state index contributed by atoms with van der Waals surface area (Å²) in [4.78, 5) is 12.6. The molecule has 0 saturated carbocycles. The number of aromatic nitrogens is 2. The molecule has 1 heterocycles. The second-order valence-corrected chi connectivity index (χ2v) is 6.13.